The van der Waals surface area contributed by atoms with Gasteiger partial charge in [-0.3, -0.25) is 9.59 Å². The van der Waals surface area contributed by atoms with Gasteiger partial charge in [0.15, 0.2) is 6.04 Å². The molecule has 1 rings (SSSR count). The Morgan fingerprint density at radius 1 is 1.25 bits per heavy atom. The summed E-state index contributed by atoms with van der Waals surface area (Å²) in [7, 11) is 0. The summed E-state index contributed by atoms with van der Waals surface area (Å²) >= 11 is 0. The van der Waals surface area contributed by atoms with E-state index >= 15 is 0 Å². The second-order valence-corrected chi connectivity index (χ2v) is 5.21. The minimum Gasteiger partial charge on any atom is -0.480 e. The first-order valence-corrected chi connectivity index (χ1v) is 6.82. The quantitative estimate of drug-likeness (QED) is 0.639. The van der Waals surface area contributed by atoms with Crippen LogP contribution in [0.3, 0.4) is 0 Å². The van der Waals surface area contributed by atoms with Crippen molar-refractivity contribution in [3.8, 4) is 0 Å². The number of hydrogen-bond acceptors (Lipinski definition) is 3. The minimum absolute atomic E-state index is 0.0121. The predicted octanol–water partition coefficient (Wildman–Crippen LogP) is 0.610. The standard InChI is InChI=1S/C13H21FN2O4/c1-8(15-12(18)9-4-2-3-5-9)6-11(17)16-10(7-14)13(19)20/h8-10H,2-7H2,1H3,(H,15,18)(H,16,17)(H,19,20). The number of halogens is 1. The van der Waals surface area contributed by atoms with Gasteiger partial charge < -0.3 is 15.7 Å². The molecule has 0 aromatic heterocycles. The Kier molecular flexibility index (Phi) is 6.41. The number of carbonyl (C=O) groups is 3. The van der Waals surface area contributed by atoms with Crippen molar-refractivity contribution in [3.05, 3.63) is 0 Å². The van der Waals surface area contributed by atoms with E-state index in [-0.39, 0.29) is 18.2 Å². The number of carboxylic acid groups (broad SMARTS) is 1. The van der Waals surface area contributed by atoms with Crippen molar-refractivity contribution in [2.75, 3.05) is 6.67 Å². The van der Waals surface area contributed by atoms with Crippen molar-refractivity contribution < 1.29 is 23.9 Å². The van der Waals surface area contributed by atoms with Gasteiger partial charge in [0.05, 0.1) is 0 Å². The van der Waals surface area contributed by atoms with Crippen LogP contribution >= 0.6 is 0 Å². The highest BCUT2D eigenvalue weighted by Crippen LogP contribution is 2.24. The Labute approximate surface area is 117 Å². The van der Waals surface area contributed by atoms with Gasteiger partial charge in [0.25, 0.3) is 0 Å². The highest BCUT2D eigenvalue weighted by atomic mass is 19.1. The molecule has 114 valence electrons. The van der Waals surface area contributed by atoms with Gasteiger partial charge in [-0.1, -0.05) is 12.8 Å². The molecule has 2 amide bonds. The zero-order valence-corrected chi connectivity index (χ0v) is 11.5. The van der Waals surface area contributed by atoms with Crippen LogP contribution in [0, 0.1) is 5.92 Å². The Hall–Kier alpha value is -1.66. The van der Waals surface area contributed by atoms with E-state index in [9.17, 15) is 18.8 Å². The normalized spacial score (nSPS) is 18.3. The average Bonchev–Trinajstić information content (AvgIpc) is 2.89. The summed E-state index contributed by atoms with van der Waals surface area (Å²) in [4.78, 5) is 33.9. The van der Waals surface area contributed by atoms with E-state index in [0.717, 1.165) is 25.7 Å². The van der Waals surface area contributed by atoms with E-state index in [0.29, 0.717) is 0 Å². The molecule has 0 aromatic carbocycles. The zero-order chi connectivity index (χ0) is 15.1. The Bertz CT molecular complexity index is 369. The fourth-order valence-corrected chi connectivity index (χ4v) is 2.30. The number of nitrogens with one attached hydrogen (secondary N) is 2. The highest BCUT2D eigenvalue weighted by Gasteiger charge is 2.25. The molecule has 20 heavy (non-hydrogen) atoms. The fraction of sp³-hybridized carbons (Fsp3) is 0.769. The summed E-state index contributed by atoms with van der Waals surface area (Å²) in [6.45, 7) is 0.502. The van der Waals surface area contributed by atoms with Crippen LogP contribution in [0.25, 0.3) is 0 Å². The molecule has 3 N–H and O–H groups in total. The lowest BCUT2D eigenvalue weighted by molar-refractivity contribution is -0.142. The molecule has 7 heteroatoms. The van der Waals surface area contributed by atoms with Crippen LogP contribution in [-0.4, -0.2) is 41.6 Å². The molecule has 0 spiro atoms. The van der Waals surface area contributed by atoms with Crippen LogP contribution in [-0.2, 0) is 14.4 Å². The molecule has 1 fully saturated rings. The maximum absolute atomic E-state index is 12.4. The fourth-order valence-electron chi connectivity index (χ4n) is 2.30. The highest BCUT2D eigenvalue weighted by molar-refractivity contribution is 5.85. The Morgan fingerprint density at radius 2 is 1.85 bits per heavy atom. The molecule has 1 saturated carbocycles. The van der Waals surface area contributed by atoms with Crippen molar-refractivity contribution in [2.45, 2.75) is 51.1 Å². The smallest absolute Gasteiger partial charge is 0.328 e. The van der Waals surface area contributed by atoms with Crippen LogP contribution in [0.2, 0.25) is 0 Å². The van der Waals surface area contributed by atoms with Crippen LogP contribution < -0.4 is 10.6 Å². The van der Waals surface area contributed by atoms with E-state index in [4.69, 9.17) is 5.11 Å². The monoisotopic (exact) mass is 288 g/mol. The van der Waals surface area contributed by atoms with Crippen LogP contribution in [0.4, 0.5) is 4.39 Å². The number of carboxylic acids is 1. The molecule has 1 aliphatic rings. The second kappa shape index (κ2) is 7.81. The predicted molar refractivity (Wildman–Crippen MR) is 69.7 cm³/mol. The molecular formula is C13H21FN2O4. The molecule has 0 aromatic rings. The molecule has 2 atom stereocenters. The minimum atomic E-state index is -1.53. The van der Waals surface area contributed by atoms with Crippen LogP contribution in [0.15, 0.2) is 0 Å². The lowest BCUT2D eigenvalue weighted by Crippen LogP contribution is -2.45. The van der Waals surface area contributed by atoms with Gasteiger partial charge in [-0.2, -0.15) is 0 Å². The maximum Gasteiger partial charge on any atom is 0.328 e. The van der Waals surface area contributed by atoms with Crippen LogP contribution in [0.5, 0.6) is 0 Å². The molecule has 0 bridgehead atoms. The first kappa shape index (κ1) is 16.4. The number of hydrogen-bond donors (Lipinski definition) is 3. The zero-order valence-electron chi connectivity index (χ0n) is 11.5. The molecule has 0 aliphatic heterocycles. The summed E-state index contributed by atoms with van der Waals surface area (Å²) in [6.07, 6.45) is 3.76. The van der Waals surface area contributed by atoms with Gasteiger partial charge in [0.1, 0.15) is 6.67 Å². The number of amides is 2. The number of alkyl halides is 1. The topological polar surface area (TPSA) is 95.5 Å². The van der Waals surface area contributed by atoms with E-state index < -0.39 is 30.6 Å². The SMILES string of the molecule is CC(CC(=O)NC(CF)C(=O)O)NC(=O)C1CCCC1. The number of aliphatic carboxylic acids is 1. The Morgan fingerprint density at radius 3 is 2.35 bits per heavy atom. The van der Waals surface area contributed by atoms with E-state index in [2.05, 4.69) is 10.6 Å². The van der Waals surface area contributed by atoms with Crippen LogP contribution in [0.1, 0.15) is 39.0 Å². The molecular weight excluding hydrogens is 267 g/mol. The molecule has 6 nitrogen and oxygen atoms in total. The van der Waals surface area contributed by atoms with Gasteiger partial charge in [-0.25, -0.2) is 9.18 Å². The summed E-state index contributed by atoms with van der Waals surface area (Å²) in [6, 6.07) is -1.93. The molecule has 1 aliphatic carbocycles. The lowest BCUT2D eigenvalue weighted by Gasteiger charge is -2.17. The van der Waals surface area contributed by atoms with Gasteiger partial charge in [0.2, 0.25) is 11.8 Å². The largest absolute Gasteiger partial charge is 0.480 e. The van der Waals surface area contributed by atoms with E-state index in [1.54, 1.807) is 6.92 Å². The van der Waals surface area contributed by atoms with Gasteiger partial charge >= 0.3 is 5.97 Å². The number of rotatable bonds is 7. The third kappa shape index (κ3) is 5.14. The molecule has 0 saturated heterocycles. The lowest BCUT2D eigenvalue weighted by atomic mass is 10.1. The van der Waals surface area contributed by atoms with Crippen molar-refractivity contribution in [3.63, 3.8) is 0 Å². The maximum atomic E-state index is 12.4. The Balaban J connectivity index is 2.33. The third-order valence-corrected chi connectivity index (χ3v) is 3.39. The van der Waals surface area contributed by atoms with Crippen molar-refractivity contribution in [1.82, 2.24) is 10.6 Å². The molecule has 0 radical (unpaired) electrons. The van der Waals surface area contributed by atoms with Crippen molar-refractivity contribution >= 4 is 17.8 Å². The van der Waals surface area contributed by atoms with E-state index in [1.807, 2.05) is 0 Å². The second-order valence-electron chi connectivity index (χ2n) is 5.21. The van der Waals surface area contributed by atoms with Crippen molar-refractivity contribution in [1.29, 1.82) is 0 Å². The first-order chi connectivity index (χ1) is 9.43. The molecule has 2 unspecified atom stereocenters. The summed E-state index contributed by atoms with van der Waals surface area (Å²) in [5.74, 6) is -2.06. The van der Waals surface area contributed by atoms with Crippen molar-refractivity contribution in [2.24, 2.45) is 5.92 Å². The van der Waals surface area contributed by atoms with Gasteiger partial charge in [-0.05, 0) is 19.8 Å². The first-order valence-electron chi connectivity index (χ1n) is 6.82. The number of carbonyl (C=O) groups excluding carboxylic acids is 2. The third-order valence-electron chi connectivity index (χ3n) is 3.39. The average molecular weight is 288 g/mol. The van der Waals surface area contributed by atoms with Gasteiger partial charge in [-0.15, -0.1) is 0 Å². The molecule has 0 heterocycles. The van der Waals surface area contributed by atoms with Gasteiger partial charge in [0, 0.05) is 18.4 Å². The van der Waals surface area contributed by atoms with E-state index in [1.165, 1.54) is 0 Å². The summed E-state index contributed by atoms with van der Waals surface area (Å²) in [5.41, 5.74) is 0. The summed E-state index contributed by atoms with van der Waals surface area (Å²) < 4.78 is 12.4. The summed E-state index contributed by atoms with van der Waals surface area (Å²) in [5, 5.41) is 13.4.